The average Bonchev–Trinajstić information content (AvgIpc) is 3.18. The number of hydrazine groups is 1. The third kappa shape index (κ3) is 3.34. The molecule has 0 aliphatic carbocycles. The monoisotopic (exact) mass is 350 g/mol. The fourth-order valence-electron chi connectivity index (χ4n) is 2.73. The normalized spacial score (nSPS) is 24.6. The first-order chi connectivity index (χ1) is 11.4. The smallest absolute Gasteiger partial charge is 0.240 e. The molecule has 1 fully saturated rings. The van der Waals surface area contributed by atoms with Crippen molar-refractivity contribution in [3.8, 4) is 0 Å². The summed E-state index contributed by atoms with van der Waals surface area (Å²) in [5, 5.41) is 7.55. The van der Waals surface area contributed by atoms with Gasteiger partial charge in [-0.05, 0) is 30.5 Å². The summed E-state index contributed by atoms with van der Waals surface area (Å²) in [7, 11) is -3.63. The quantitative estimate of drug-likeness (QED) is 0.735. The van der Waals surface area contributed by atoms with Crippen LogP contribution in [-0.2, 0) is 10.0 Å². The lowest BCUT2D eigenvalue weighted by molar-refractivity contribution is 0.386. The second-order valence-electron chi connectivity index (χ2n) is 6.30. The third-order valence-corrected chi connectivity index (χ3v) is 5.72. The molecule has 0 amide bonds. The maximum absolute atomic E-state index is 12.7. The van der Waals surface area contributed by atoms with Gasteiger partial charge in [-0.2, -0.15) is 0 Å². The van der Waals surface area contributed by atoms with Crippen LogP contribution in [0.25, 0.3) is 0 Å². The molecule has 1 aliphatic rings. The van der Waals surface area contributed by atoms with E-state index in [4.69, 9.17) is 0 Å². The van der Waals surface area contributed by atoms with Crippen molar-refractivity contribution >= 4 is 10.0 Å². The zero-order valence-electron chi connectivity index (χ0n) is 13.8. The van der Waals surface area contributed by atoms with E-state index in [9.17, 15) is 8.42 Å². The number of aromatic nitrogens is 3. The van der Waals surface area contributed by atoms with Crippen molar-refractivity contribution in [2.24, 2.45) is 0 Å². The molecule has 1 aliphatic heterocycles. The maximum Gasteiger partial charge on any atom is 0.240 e. The van der Waals surface area contributed by atoms with Crippen molar-refractivity contribution in [1.29, 1.82) is 0 Å². The van der Waals surface area contributed by atoms with Gasteiger partial charge < -0.3 is 4.57 Å². The summed E-state index contributed by atoms with van der Waals surface area (Å²) in [5.74, 6) is 0.357. The lowest BCUT2D eigenvalue weighted by atomic mass is 10.0. The minimum Gasteiger partial charge on any atom is -0.301 e. The summed E-state index contributed by atoms with van der Waals surface area (Å²) in [4.78, 5) is 0.258. The van der Waals surface area contributed by atoms with Crippen LogP contribution in [0.5, 0.6) is 0 Å². The third-order valence-electron chi connectivity index (χ3n) is 4.24. The number of hydrogen-bond donors (Lipinski definition) is 3. The Bertz CT molecular complexity index is 773. The van der Waals surface area contributed by atoms with Gasteiger partial charge in [0.05, 0.1) is 10.9 Å². The molecular formula is C15H22N6O2S. The number of hydrogen-bond acceptors (Lipinski definition) is 6. The first-order valence-corrected chi connectivity index (χ1v) is 9.34. The molecular weight excluding hydrogens is 328 g/mol. The SMILES string of the molecule is CC(C)c1ccc(S(=O)(=O)NC2C(C)NNC2n2cnnc2)cc1. The van der Waals surface area contributed by atoms with Crippen LogP contribution in [-0.4, -0.2) is 35.3 Å². The Morgan fingerprint density at radius 3 is 2.33 bits per heavy atom. The highest BCUT2D eigenvalue weighted by atomic mass is 32.2. The van der Waals surface area contributed by atoms with Crippen LogP contribution in [0, 0.1) is 0 Å². The number of nitrogens with zero attached hydrogens (tertiary/aromatic N) is 3. The highest BCUT2D eigenvalue weighted by Crippen LogP contribution is 2.21. The van der Waals surface area contributed by atoms with E-state index >= 15 is 0 Å². The van der Waals surface area contributed by atoms with Gasteiger partial charge in [-0.1, -0.05) is 26.0 Å². The lowest BCUT2D eigenvalue weighted by Gasteiger charge is -2.22. The van der Waals surface area contributed by atoms with Crippen LogP contribution >= 0.6 is 0 Å². The highest BCUT2D eigenvalue weighted by Gasteiger charge is 2.37. The molecule has 3 rings (SSSR count). The van der Waals surface area contributed by atoms with Gasteiger partial charge in [0.1, 0.15) is 18.8 Å². The molecule has 2 heterocycles. The van der Waals surface area contributed by atoms with Crippen LogP contribution < -0.4 is 15.6 Å². The Labute approximate surface area is 141 Å². The molecule has 0 saturated carbocycles. The second-order valence-corrected chi connectivity index (χ2v) is 8.02. The van der Waals surface area contributed by atoms with E-state index in [-0.39, 0.29) is 23.1 Å². The Hall–Kier alpha value is -1.81. The van der Waals surface area contributed by atoms with Crippen molar-refractivity contribution in [3.05, 3.63) is 42.5 Å². The largest absolute Gasteiger partial charge is 0.301 e. The Balaban J connectivity index is 1.82. The summed E-state index contributed by atoms with van der Waals surface area (Å²) in [6, 6.07) is 6.52. The fraction of sp³-hybridized carbons (Fsp3) is 0.467. The molecule has 1 aromatic heterocycles. The van der Waals surface area contributed by atoms with Crippen molar-refractivity contribution in [3.63, 3.8) is 0 Å². The molecule has 8 nitrogen and oxygen atoms in total. The first-order valence-electron chi connectivity index (χ1n) is 7.86. The minimum atomic E-state index is -3.63. The lowest BCUT2D eigenvalue weighted by Crippen LogP contribution is -2.45. The van der Waals surface area contributed by atoms with Crippen molar-refractivity contribution in [2.45, 2.75) is 49.8 Å². The summed E-state index contributed by atoms with van der Waals surface area (Å²) >= 11 is 0. The van der Waals surface area contributed by atoms with E-state index < -0.39 is 10.0 Å². The number of rotatable bonds is 5. The van der Waals surface area contributed by atoms with E-state index in [1.54, 1.807) is 29.4 Å². The molecule has 3 unspecified atom stereocenters. The van der Waals surface area contributed by atoms with Crippen molar-refractivity contribution < 1.29 is 8.42 Å². The Morgan fingerprint density at radius 2 is 1.75 bits per heavy atom. The van der Waals surface area contributed by atoms with Gasteiger partial charge in [0.2, 0.25) is 10.0 Å². The fourth-order valence-corrected chi connectivity index (χ4v) is 4.05. The summed E-state index contributed by atoms with van der Waals surface area (Å²) in [5.41, 5.74) is 7.22. The molecule has 0 radical (unpaired) electrons. The standard InChI is InChI=1S/C15H22N6O2S/c1-10(2)12-4-6-13(7-5-12)24(22,23)20-14-11(3)18-19-15(14)21-8-16-17-9-21/h4-11,14-15,18-20H,1-3H3. The molecule has 1 aromatic carbocycles. The molecule has 2 aromatic rings. The van der Waals surface area contributed by atoms with Gasteiger partial charge in [-0.25, -0.2) is 18.6 Å². The molecule has 3 atom stereocenters. The average molecular weight is 350 g/mol. The topological polar surface area (TPSA) is 101 Å². The van der Waals surface area contributed by atoms with Gasteiger partial charge in [0.15, 0.2) is 0 Å². The molecule has 130 valence electrons. The zero-order chi connectivity index (χ0) is 17.3. The summed E-state index contributed by atoms with van der Waals surface area (Å²) < 4.78 is 30.0. The van der Waals surface area contributed by atoms with Gasteiger partial charge in [-0.15, -0.1) is 10.2 Å². The maximum atomic E-state index is 12.7. The Kier molecular flexibility index (Phi) is 4.68. The predicted octanol–water partition coefficient (Wildman–Crippen LogP) is 0.744. The predicted molar refractivity (Wildman–Crippen MR) is 89.4 cm³/mol. The van der Waals surface area contributed by atoms with Crippen molar-refractivity contribution in [2.75, 3.05) is 0 Å². The minimum absolute atomic E-state index is 0.0953. The van der Waals surface area contributed by atoms with E-state index in [2.05, 4.69) is 39.6 Å². The van der Waals surface area contributed by atoms with E-state index in [0.717, 1.165) is 5.56 Å². The Morgan fingerprint density at radius 1 is 1.12 bits per heavy atom. The van der Waals surface area contributed by atoms with Crippen LogP contribution in [0.2, 0.25) is 0 Å². The van der Waals surface area contributed by atoms with Crippen LogP contribution in [0.4, 0.5) is 0 Å². The van der Waals surface area contributed by atoms with Crippen LogP contribution in [0.15, 0.2) is 41.8 Å². The van der Waals surface area contributed by atoms with E-state index in [1.807, 2.05) is 19.1 Å². The zero-order valence-corrected chi connectivity index (χ0v) is 14.7. The molecule has 0 spiro atoms. The molecule has 3 N–H and O–H groups in total. The first kappa shape index (κ1) is 17.0. The second kappa shape index (κ2) is 6.60. The van der Waals surface area contributed by atoms with E-state index in [0.29, 0.717) is 5.92 Å². The molecule has 9 heteroatoms. The van der Waals surface area contributed by atoms with Crippen LogP contribution in [0.1, 0.15) is 38.4 Å². The molecule has 0 bridgehead atoms. The summed E-state index contributed by atoms with van der Waals surface area (Å²) in [6.45, 7) is 6.05. The van der Waals surface area contributed by atoms with Gasteiger partial charge in [0, 0.05) is 6.04 Å². The highest BCUT2D eigenvalue weighted by molar-refractivity contribution is 7.89. The van der Waals surface area contributed by atoms with E-state index in [1.165, 1.54) is 0 Å². The van der Waals surface area contributed by atoms with Crippen molar-refractivity contribution in [1.82, 2.24) is 30.3 Å². The van der Waals surface area contributed by atoms with Gasteiger partial charge in [-0.3, -0.25) is 5.43 Å². The van der Waals surface area contributed by atoms with Gasteiger partial charge in [0.25, 0.3) is 0 Å². The van der Waals surface area contributed by atoms with Gasteiger partial charge >= 0.3 is 0 Å². The number of benzene rings is 1. The number of sulfonamides is 1. The number of nitrogens with one attached hydrogen (secondary N) is 3. The van der Waals surface area contributed by atoms with Crippen LogP contribution in [0.3, 0.4) is 0 Å². The molecule has 24 heavy (non-hydrogen) atoms. The molecule has 1 saturated heterocycles. The summed E-state index contributed by atoms with van der Waals surface area (Å²) in [6.07, 6.45) is 2.80.